The number of aromatic nitrogens is 2. The van der Waals surface area contributed by atoms with Crippen LogP contribution in [0.3, 0.4) is 0 Å². The molecule has 0 fully saturated rings. The van der Waals surface area contributed by atoms with Crippen LogP contribution in [0, 0.1) is 0 Å². The van der Waals surface area contributed by atoms with E-state index in [2.05, 4.69) is 57.0 Å². The molecule has 39 heavy (non-hydrogen) atoms. The first-order valence-corrected chi connectivity index (χ1v) is 13.9. The molecular formula is C30H30Cl2N6O. The zero-order valence-electron chi connectivity index (χ0n) is 21.7. The first-order valence-electron chi connectivity index (χ1n) is 13.1. The van der Waals surface area contributed by atoms with Gasteiger partial charge in [0, 0.05) is 19.6 Å². The van der Waals surface area contributed by atoms with E-state index in [0.717, 1.165) is 55.4 Å². The van der Waals surface area contributed by atoms with E-state index >= 15 is 0 Å². The molecule has 1 aromatic heterocycles. The predicted octanol–water partition coefficient (Wildman–Crippen LogP) is 6.42. The molecule has 0 aliphatic carbocycles. The minimum Gasteiger partial charge on any atom is -0.497 e. The number of anilines is 3. The van der Waals surface area contributed by atoms with Gasteiger partial charge in [0.1, 0.15) is 11.6 Å². The van der Waals surface area contributed by atoms with E-state index in [1.54, 1.807) is 7.11 Å². The highest BCUT2D eigenvalue weighted by Gasteiger charge is 2.38. The zero-order chi connectivity index (χ0) is 26.8. The van der Waals surface area contributed by atoms with Crippen molar-refractivity contribution in [1.82, 2.24) is 15.4 Å². The monoisotopic (exact) mass is 560 g/mol. The Labute approximate surface area is 238 Å². The lowest BCUT2D eigenvalue weighted by Gasteiger charge is -2.32. The number of halogens is 2. The van der Waals surface area contributed by atoms with Crippen molar-refractivity contribution >= 4 is 40.8 Å². The molecule has 7 nitrogen and oxygen atoms in total. The third-order valence-corrected chi connectivity index (χ3v) is 7.94. The van der Waals surface area contributed by atoms with Crippen molar-refractivity contribution in [2.75, 3.05) is 35.4 Å². The smallest absolute Gasteiger partial charge is 0.226 e. The number of nitrogens with one attached hydrogen (secondary N) is 2. The Morgan fingerprint density at radius 1 is 0.897 bits per heavy atom. The van der Waals surface area contributed by atoms with Crippen LogP contribution in [-0.2, 0) is 19.5 Å². The second kappa shape index (κ2) is 11.3. The summed E-state index contributed by atoms with van der Waals surface area (Å²) in [7, 11) is 1.69. The molecule has 0 bridgehead atoms. The van der Waals surface area contributed by atoms with Gasteiger partial charge in [-0.05, 0) is 53.8 Å². The maximum absolute atomic E-state index is 6.21. The highest BCUT2D eigenvalue weighted by molar-refractivity contribution is 6.42. The number of hydrogen-bond acceptors (Lipinski definition) is 7. The van der Waals surface area contributed by atoms with Crippen molar-refractivity contribution in [3.63, 3.8) is 0 Å². The summed E-state index contributed by atoms with van der Waals surface area (Å²) in [6, 6.07) is 24.6. The summed E-state index contributed by atoms with van der Waals surface area (Å²) >= 11 is 12.3. The van der Waals surface area contributed by atoms with Gasteiger partial charge >= 0.3 is 0 Å². The molecule has 0 saturated carbocycles. The number of hydrogen-bond donors (Lipinski definition) is 2. The van der Waals surface area contributed by atoms with E-state index in [-0.39, 0.29) is 6.04 Å². The van der Waals surface area contributed by atoms with Crippen molar-refractivity contribution in [3.8, 4) is 5.75 Å². The van der Waals surface area contributed by atoms with Gasteiger partial charge in [0.25, 0.3) is 0 Å². The minimum absolute atomic E-state index is 0.191. The van der Waals surface area contributed by atoms with Gasteiger partial charge in [-0.3, -0.25) is 5.01 Å². The molecule has 6 rings (SSSR count). The summed E-state index contributed by atoms with van der Waals surface area (Å²) in [6.07, 6.45) is 1.76. The largest absolute Gasteiger partial charge is 0.497 e. The third kappa shape index (κ3) is 5.62. The molecule has 2 N–H and O–H groups in total. The van der Waals surface area contributed by atoms with Gasteiger partial charge < -0.3 is 15.0 Å². The fourth-order valence-electron chi connectivity index (χ4n) is 5.20. The van der Waals surface area contributed by atoms with Crippen LogP contribution in [0.2, 0.25) is 10.0 Å². The Balaban J connectivity index is 1.28. The van der Waals surface area contributed by atoms with Crippen molar-refractivity contribution < 1.29 is 4.74 Å². The summed E-state index contributed by atoms with van der Waals surface area (Å²) < 4.78 is 5.34. The van der Waals surface area contributed by atoms with Gasteiger partial charge in [0.2, 0.25) is 5.95 Å². The van der Waals surface area contributed by atoms with Gasteiger partial charge in [-0.15, -0.1) is 0 Å². The number of nitrogens with zero attached hydrogens (tertiary/aromatic N) is 4. The highest BCUT2D eigenvalue weighted by Crippen LogP contribution is 2.44. The third-order valence-electron chi connectivity index (χ3n) is 7.21. The molecule has 200 valence electrons. The number of rotatable bonds is 9. The van der Waals surface area contributed by atoms with Crippen LogP contribution in [0.5, 0.6) is 5.75 Å². The number of benzene rings is 3. The molecule has 0 spiro atoms. The molecule has 3 aromatic carbocycles. The topological polar surface area (TPSA) is 65.6 Å². The average molecular weight is 562 g/mol. The lowest BCUT2D eigenvalue weighted by atomic mass is 10.0. The Kier molecular flexibility index (Phi) is 7.46. The molecule has 2 aliphatic rings. The van der Waals surface area contributed by atoms with E-state index in [1.165, 1.54) is 16.7 Å². The second-order valence-corrected chi connectivity index (χ2v) is 10.7. The van der Waals surface area contributed by atoms with Crippen LogP contribution in [0.25, 0.3) is 0 Å². The van der Waals surface area contributed by atoms with Gasteiger partial charge in [-0.2, -0.15) is 9.97 Å². The fraction of sp³-hybridized carbons (Fsp3) is 0.267. The van der Waals surface area contributed by atoms with E-state index in [4.69, 9.17) is 37.9 Å². The summed E-state index contributed by atoms with van der Waals surface area (Å²) in [6.45, 7) is 3.06. The summed E-state index contributed by atoms with van der Waals surface area (Å²) in [5.41, 5.74) is 8.40. The summed E-state index contributed by atoms with van der Waals surface area (Å²) in [4.78, 5) is 12.4. The van der Waals surface area contributed by atoms with E-state index in [0.29, 0.717) is 22.5 Å². The molecule has 1 unspecified atom stereocenters. The van der Waals surface area contributed by atoms with Crippen molar-refractivity contribution in [2.45, 2.75) is 32.0 Å². The van der Waals surface area contributed by atoms with Crippen molar-refractivity contribution in [1.29, 1.82) is 0 Å². The predicted molar refractivity (Wildman–Crippen MR) is 158 cm³/mol. The molecule has 0 amide bonds. The lowest BCUT2D eigenvalue weighted by molar-refractivity contribution is 0.414. The normalized spacial score (nSPS) is 15.8. The highest BCUT2D eigenvalue weighted by atomic mass is 35.5. The van der Waals surface area contributed by atoms with Crippen LogP contribution >= 0.6 is 23.2 Å². The van der Waals surface area contributed by atoms with Crippen molar-refractivity contribution in [2.24, 2.45) is 0 Å². The zero-order valence-corrected chi connectivity index (χ0v) is 23.2. The lowest BCUT2D eigenvalue weighted by Crippen LogP contribution is -2.37. The fourth-order valence-corrected chi connectivity index (χ4v) is 5.52. The number of ether oxygens (including phenoxy) is 1. The molecule has 0 saturated heterocycles. The Hall–Kier alpha value is -3.52. The molecule has 9 heteroatoms. The molecule has 4 aromatic rings. The standard InChI is InChI=1S/C30H30Cl2N6O/c1-39-23-10-7-22(8-11-23)18-37-16-14-26-27-28(37)34-30(33-15-13-20-9-12-24(31)25(32)17-20)35-29(27)38(36-26)19-21-5-3-2-4-6-21/h2-12,17,26,36H,13-16,18-19H2,1H3,(H,33,34,35). The average Bonchev–Trinajstić information content (AvgIpc) is 3.31. The van der Waals surface area contributed by atoms with Gasteiger partial charge in [0.05, 0.1) is 35.3 Å². The Morgan fingerprint density at radius 2 is 1.64 bits per heavy atom. The molecule has 2 aliphatic heterocycles. The van der Waals surface area contributed by atoms with Crippen LogP contribution in [0.1, 0.15) is 34.7 Å². The molecule has 0 radical (unpaired) electrons. The first kappa shape index (κ1) is 25.7. The first-order chi connectivity index (χ1) is 19.1. The van der Waals surface area contributed by atoms with E-state index in [9.17, 15) is 0 Å². The summed E-state index contributed by atoms with van der Waals surface area (Å²) in [5, 5.41) is 6.75. The maximum Gasteiger partial charge on any atom is 0.226 e. The number of hydrazine groups is 1. The molecular weight excluding hydrogens is 531 g/mol. The SMILES string of the molecule is COc1ccc(CN2CCC3NN(Cc4ccccc4)c4nc(NCCc5ccc(Cl)c(Cl)c5)nc2c43)cc1. The van der Waals surface area contributed by atoms with Crippen LogP contribution in [0.4, 0.5) is 17.6 Å². The minimum atomic E-state index is 0.191. The maximum atomic E-state index is 6.21. The Bertz CT molecular complexity index is 1450. The molecule has 3 heterocycles. The van der Waals surface area contributed by atoms with Gasteiger partial charge in [-0.1, -0.05) is 71.7 Å². The second-order valence-electron chi connectivity index (χ2n) is 9.85. The molecule has 1 atom stereocenters. The van der Waals surface area contributed by atoms with Crippen LogP contribution in [0.15, 0.2) is 72.8 Å². The van der Waals surface area contributed by atoms with Gasteiger partial charge in [-0.25, -0.2) is 5.43 Å². The van der Waals surface area contributed by atoms with Crippen molar-refractivity contribution in [3.05, 3.63) is 105 Å². The number of methoxy groups -OCH3 is 1. The van der Waals surface area contributed by atoms with Crippen LogP contribution in [-0.4, -0.2) is 30.2 Å². The van der Waals surface area contributed by atoms with Gasteiger partial charge in [0.15, 0.2) is 5.82 Å². The Morgan fingerprint density at radius 3 is 2.41 bits per heavy atom. The van der Waals surface area contributed by atoms with E-state index < -0.39 is 0 Å². The summed E-state index contributed by atoms with van der Waals surface area (Å²) in [5.74, 6) is 3.39. The van der Waals surface area contributed by atoms with Crippen LogP contribution < -0.4 is 25.4 Å². The van der Waals surface area contributed by atoms with E-state index in [1.807, 2.05) is 36.4 Å². The quantitative estimate of drug-likeness (QED) is 0.244.